The van der Waals surface area contributed by atoms with Gasteiger partial charge < -0.3 is 0 Å². The van der Waals surface area contributed by atoms with Crippen molar-refractivity contribution in [1.29, 1.82) is 0 Å². The third-order valence-electron chi connectivity index (χ3n) is 4.33. The molecule has 1 saturated carbocycles. The van der Waals surface area contributed by atoms with Crippen LogP contribution in [0.2, 0.25) is 0 Å². The zero-order chi connectivity index (χ0) is 10.5. The Morgan fingerprint density at radius 3 is 2.93 bits per heavy atom. The first-order valence-corrected chi connectivity index (χ1v) is 5.87. The summed E-state index contributed by atoms with van der Waals surface area (Å²) in [7, 11) is 0. The molecule has 0 bridgehead atoms. The van der Waals surface area contributed by atoms with Crippen LogP contribution >= 0.6 is 0 Å². The fourth-order valence-electron chi connectivity index (χ4n) is 3.46. The van der Waals surface area contributed by atoms with Gasteiger partial charge in [0.05, 0.1) is 0 Å². The summed E-state index contributed by atoms with van der Waals surface area (Å²) < 4.78 is 0. The molecule has 2 atom stereocenters. The molecule has 0 unspecified atom stereocenters. The summed E-state index contributed by atoms with van der Waals surface area (Å²) in [6, 6.07) is 8.20. The second-order valence-electron chi connectivity index (χ2n) is 5.13. The zero-order valence-electron chi connectivity index (χ0n) is 9.12. The predicted molar refractivity (Wildman–Crippen MR) is 60.1 cm³/mol. The lowest BCUT2D eigenvalue weighted by Gasteiger charge is -2.35. The summed E-state index contributed by atoms with van der Waals surface area (Å²) in [5.74, 6) is 0.663. The monoisotopic (exact) mass is 200 g/mol. The van der Waals surface area contributed by atoms with Crippen molar-refractivity contribution in [2.75, 3.05) is 0 Å². The molecule has 1 aromatic carbocycles. The topological polar surface area (TPSA) is 17.1 Å². The second-order valence-corrected chi connectivity index (χ2v) is 5.13. The maximum atomic E-state index is 12.2. The van der Waals surface area contributed by atoms with Gasteiger partial charge in [-0.15, -0.1) is 0 Å². The molecule has 3 rings (SSSR count). The third kappa shape index (κ3) is 1.06. The molecular formula is C14H16O. The van der Waals surface area contributed by atoms with Gasteiger partial charge in [0.2, 0.25) is 0 Å². The Labute approximate surface area is 90.5 Å². The van der Waals surface area contributed by atoms with E-state index in [4.69, 9.17) is 0 Å². The van der Waals surface area contributed by atoms with Crippen LogP contribution in [0, 0.1) is 5.92 Å². The standard InChI is InChI=1S/C14H16O/c1-14-9-5-4-8-12(14)13(15)10-6-2-3-7-11(10)14/h2-3,6-7,12H,4-5,8-9H2,1H3/t12-,14+/m1/s1. The lowest BCUT2D eigenvalue weighted by Crippen LogP contribution is -2.33. The predicted octanol–water partition coefficient (Wildman–Crippen LogP) is 3.33. The summed E-state index contributed by atoms with van der Waals surface area (Å²) >= 11 is 0. The summed E-state index contributed by atoms with van der Waals surface area (Å²) in [6.07, 6.45) is 4.76. The molecule has 2 aliphatic rings. The molecule has 0 spiro atoms. The fraction of sp³-hybridized carbons (Fsp3) is 0.500. The van der Waals surface area contributed by atoms with Crippen LogP contribution in [0.15, 0.2) is 24.3 Å². The molecule has 0 saturated heterocycles. The van der Waals surface area contributed by atoms with E-state index in [1.165, 1.54) is 24.8 Å². The van der Waals surface area contributed by atoms with E-state index in [-0.39, 0.29) is 11.3 Å². The zero-order valence-corrected chi connectivity index (χ0v) is 9.12. The van der Waals surface area contributed by atoms with Crippen LogP contribution in [-0.4, -0.2) is 5.78 Å². The van der Waals surface area contributed by atoms with Crippen molar-refractivity contribution in [3.8, 4) is 0 Å². The van der Waals surface area contributed by atoms with E-state index in [0.717, 1.165) is 12.0 Å². The number of hydrogen-bond acceptors (Lipinski definition) is 1. The highest BCUT2D eigenvalue weighted by Gasteiger charge is 2.49. The van der Waals surface area contributed by atoms with Crippen LogP contribution in [0.25, 0.3) is 0 Å². The van der Waals surface area contributed by atoms with E-state index < -0.39 is 0 Å². The lowest BCUT2D eigenvalue weighted by atomic mass is 9.67. The van der Waals surface area contributed by atoms with Gasteiger partial charge in [-0.2, -0.15) is 0 Å². The average Bonchev–Trinajstić information content (AvgIpc) is 2.50. The number of fused-ring (bicyclic) bond motifs is 3. The first kappa shape index (κ1) is 9.14. The normalized spacial score (nSPS) is 33.7. The Kier molecular flexibility index (Phi) is 1.79. The van der Waals surface area contributed by atoms with Gasteiger partial charge in [0.15, 0.2) is 5.78 Å². The fourth-order valence-corrected chi connectivity index (χ4v) is 3.46. The van der Waals surface area contributed by atoms with Crippen molar-refractivity contribution in [1.82, 2.24) is 0 Å². The van der Waals surface area contributed by atoms with Gasteiger partial charge in [0.1, 0.15) is 0 Å². The molecule has 15 heavy (non-hydrogen) atoms. The number of hydrogen-bond donors (Lipinski definition) is 0. The van der Waals surface area contributed by atoms with Gasteiger partial charge in [-0.3, -0.25) is 4.79 Å². The SMILES string of the molecule is C[C@@]12CCCC[C@@H]1C(=O)c1ccccc12. The van der Waals surface area contributed by atoms with Crippen LogP contribution in [0.5, 0.6) is 0 Å². The molecule has 0 amide bonds. The van der Waals surface area contributed by atoms with Gasteiger partial charge in [0.25, 0.3) is 0 Å². The van der Waals surface area contributed by atoms with Crippen molar-refractivity contribution >= 4 is 5.78 Å². The van der Waals surface area contributed by atoms with E-state index in [2.05, 4.69) is 19.1 Å². The number of carbonyl (C=O) groups is 1. The number of ketones is 1. The summed E-state index contributed by atoms with van der Waals surface area (Å²) in [4.78, 5) is 12.2. The number of carbonyl (C=O) groups excluding carboxylic acids is 1. The van der Waals surface area contributed by atoms with Crippen LogP contribution in [0.1, 0.15) is 48.5 Å². The van der Waals surface area contributed by atoms with Crippen molar-refractivity contribution < 1.29 is 4.79 Å². The largest absolute Gasteiger partial charge is 0.294 e. The quantitative estimate of drug-likeness (QED) is 0.627. The average molecular weight is 200 g/mol. The maximum absolute atomic E-state index is 12.2. The van der Waals surface area contributed by atoms with E-state index in [9.17, 15) is 4.79 Å². The summed E-state index contributed by atoms with van der Waals surface area (Å²) in [6.45, 7) is 2.28. The molecule has 1 aromatic rings. The number of Topliss-reactive ketones (excluding diaryl/α,β-unsaturated/α-hetero) is 1. The van der Waals surface area contributed by atoms with Crippen LogP contribution in [0.3, 0.4) is 0 Å². The molecule has 1 heteroatoms. The third-order valence-corrected chi connectivity index (χ3v) is 4.33. The molecule has 0 aliphatic heterocycles. The number of rotatable bonds is 0. The van der Waals surface area contributed by atoms with E-state index in [0.29, 0.717) is 5.78 Å². The van der Waals surface area contributed by atoms with Crippen LogP contribution in [0.4, 0.5) is 0 Å². The van der Waals surface area contributed by atoms with Gasteiger partial charge in [0, 0.05) is 16.9 Å². The summed E-state index contributed by atoms with van der Waals surface area (Å²) in [5.41, 5.74) is 2.44. The molecule has 0 radical (unpaired) electrons. The first-order valence-electron chi connectivity index (χ1n) is 5.87. The van der Waals surface area contributed by atoms with Crippen LogP contribution in [-0.2, 0) is 5.41 Å². The van der Waals surface area contributed by atoms with Gasteiger partial charge in [-0.05, 0) is 18.4 Å². The molecule has 2 aliphatic carbocycles. The molecule has 0 aromatic heterocycles. The van der Waals surface area contributed by atoms with Crippen LogP contribution < -0.4 is 0 Å². The Balaban J connectivity index is 2.20. The molecule has 1 fully saturated rings. The summed E-state index contributed by atoms with van der Waals surface area (Å²) in [5, 5.41) is 0. The van der Waals surface area contributed by atoms with Crippen molar-refractivity contribution in [2.24, 2.45) is 5.92 Å². The molecule has 0 N–H and O–H groups in total. The molecule has 78 valence electrons. The maximum Gasteiger partial charge on any atom is 0.167 e. The Hall–Kier alpha value is -1.11. The molecular weight excluding hydrogens is 184 g/mol. The van der Waals surface area contributed by atoms with E-state index >= 15 is 0 Å². The first-order chi connectivity index (χ1) is 7.23. The Bertz CT molecular complexity index is 421. The highest BCUT2D eigenvalue weighted by atomic mass is 16.1. The van der Waals surface area contributed by atoms with Gasteiger partial charge >= 0.3 is 0 Å². The van der Waals surface area contributed by atoms with E-state index in [1.807, 2.05) is 12.1 Å². The smallest absolute Gasteiger partial charge is 0.167 e. The molecule has 1 nitrogen and oxygen atoms in total. The highest BCUT2D eigenvalue weighted by Crippen LogP contribution is 2.50. The minimum absolute atomic E-state index is 0.145. The minimum atomic E-state index is 0.145. The van der Waals surface area contributed by atoms with Crippen molar-refractivity contribution in [3.05, 3.63) is 35.4 Å². The second kappa shape index (κ2) is 2.94. The number of benzene rings is 1. The van der Waals surface area contributed by atoms with Crippen molar-refractivity contribution in [2.45, 2.75) is 38.0 Å². The Morgan fingerprint density at radius 1 is 1.27 bits per heavy atom. The lowest BCUT2D eigenvalue weighted by molar-refractivity contribution is 0.0844. The van der Waals surface area contributed by atoms with Crippen molar-refractivity contribution in [3.63, 3.8) is 0 Å². The van der Waals surface area contributed by atoms with Gasteiger partial charge in [-0.25, -0.2) is 0 Å². The van der Waals surface area contributed by atoms with Gasteiger partial charge in [-0.1, -0.05) is 44.0 Å². The Morgan fingerprint density at radius 2 is 2.07 bits per heavy atom. The van der Waals surface area contributed by atoms with E-state index in [1.54, 1.807) is 0 Å². The highest BCUT2D eigenvalue weighted by molar-refractivity contribution is 6.04. The minimum Gasteiger partial charge on any atom is -0.294 e. The molecule has 0 heterocycles.